The Morgan fingerprint density at radius 3 is 2.86 bits per heavy atom. The van der Waals surface area contributed by atoms with E-state index in [1.807, 2.05) is 26.0 Å². The van der Waals surface area contributed by atoms with Crippen molar-refractivity contribution in [3.05, 3.63) is 29.2 Å². The van der Waals surface area contributed by atoms with Crippen molar-refractivity contribution in [1.82, 2.24) is 9.97 Å². The lowest BCUT2D eigenvalue weighted by molar-refractivity contribution is 0.253. The summed E-state index contributed by atoms with van der Waals surface area (Å²) >= 11 is 6.07. The van der Waals surface area contributed by atoms with E-state index in [9.17, 15) is 0 Å². The number of nitrogens with zero attached hydrogens (tertiary/aromatic N) is 2. The zero-order chi connectivity index (χ0) is 15.4. The first kappa shape index (κ1) is 15.7. The van der Waals surface area contributed by atoms with Crippen molar-refractivity contribution in [3.8, 4) is 5.75 Å². The second-order valence-electron chi connectivity index (χ2n) is 5.53. The highest BCUT2D eigenvalue weighted by molar-refractivity contribution is 6.34. The van der Waals surface area contributed by atoms with E-state index in [0.717, 1.165) is 40.8 Å². The number of aryl methyl sites for hydroxylation is 1. The van der Waals surface area contributed by atoms with Gasteiger partial charge in [-0.15, -0.1) is 0 Å². The summed E-state index contributed by atoms with van der Waals surface area (Å²) in [5, 5.41) is 8.77. The smallest absolute Gasteiger partial charge is 0.140 e. The number of nitrogens with one attached hydrogen (secondary N) is 1. The predicted octanol–water partition coefficient (Wildman–Crippen LogP) is 4.43. The zero-order valence-corrected chi connectivity index (χ0v) is 13.4. The molecule has 1 unspecified atom stereocenters. The molecule has 0 saturated carbocycles. The van der Waals surface area contributed by atoms with Crippen molar-refractivity contribution in [2.45, 2.75) is 33.6 Å². The van der Waals surface area contributed by atoms with E-state index in [4.69, 9.17) is 21.7 Å². The van der Waals surface area contributed by atoms with Gasteiger partial charge in [-0.1, -0.05) is 18.5 Å². The second kappa shape index (κ2) is 6.85. The van der Waals surface area contributed by atoms with Crippen molar-refractivity contribution in [2.75, 3.05) is 6.61 Å². The van der Waals surface area contributed by atoms with Crippen molar-refractivity contribution in [1.29, 1.82) is 5.41 Å². The largest absolute Gasteiger partial charge is 0.493 e. The molecule has 0 bridgehead atoms. The lowest BCUT2D eigenvalue weighted by atomic mass is 10.0. The van der Waals surface area contributed by atoms with E-state index >= 15 is 0 Å². The van der Waals surface area contributed by atoms with Gasteiger partial charge in [-0.25, -0.2) is 9.97 Å². The summed E-state index contributed by atoms with van der Waals surface area (Å²) in [6, 6.07) is 3.87. The van der Waals surface area contributed by atoms with E-state index in [0.29, 0.717) is 17.7 Å². The van der Waals surface area contributed by atoms with Gasteiger partial charge in [0, 0.05) is 17.2 Å². The standard InChI is InChI=1S/C16H20ClN3O/c1-10(4-5-12(3)18)8-21-15-7-14-13(6-11(15)2)16(17)20-9-19-14/h6-7,9-10,18H,4-5,8H2,1-3H3. The predicted molar refractivity (Wildman–Crippen MR) is 86.6 cm³/mol. The third-order valence-corrected chi connectivity index (χ3v) is 3.72. The fourth-order valence-electron chi connectivity index (χ4n) is 2.09. The SMILES string of the molecule is CC(=N)CCC(C)COc1cc2ncnc(Cl)c2cc1C. The van der Waals surface area contributed by atoms with Gasteiger partial charge in [-0.05, 0) is 44.2 Å². The Hall–Kier alpha value is -1.68. The Kier molecular flexibility index (Phi) is 5.12. The van der Waals surface area contributed by atoms with Gasteiger partial charge in [0.15, 0.2) is 0 Å². The van der Waals surface area contributed by atoms with Gasteiger partial charge in [0.1, 0.15) is 17.2 Å². The lowest BCUT2D eigenvalue weighted by Crippen LogP contribution is -2.10. The Morgan fingerprint density at radius 1 is 1.38 bits per heavy atom. The number of ether oxygens (including phenoxy) is 1. The number of rotatable bonds is 6. The van der Waals surface area contributed by atoms with Crippen molar-refractivity contribution < 1.29 is 4.74 Å². The molecule has 0 amide bonds. The van der Waals surface area contributed by atoms with Crippen LogP contribution in [0.3, 0.4) is 0 Å². The molecular weight excluding hydrogens is 286 g/mol. The number of hydrogen-bond acceptors (Lipinski definition) is 4. The van der Waals surface area contributed by atoms with Gasteiger partial charge < -0.3 is 10.1 Å². The molecule has 1 heterocycles. The first-order valence-corrected chi connectivity index (χ1v) is 7.43. The molecule has 0 spiro atoms. The Balaban J connectivity index is 2.08. The number of benzene rings is 1. The number of aromatic nitrogens is 2. The molecule has 0 aliphatic carbocycles. The summed E-state index contributed by atoms with van der Waals surface area (Å²) in [5.74, 6) is 1.24. The molecule has 1 aromatic carbocycles. The molecule has 2 aromatic rings. The van der Waals surface area contributed by atoms with Crippen LogP contribution in [0.4, 0.5) is 0 Å². The van der Waals surface area contributed by atoms with Crippen LogP contribution in [0.1, 0.15) is 32.3 Å². The second-order valence-corrected chi connectivity index (χ2v) is 5.89. The van der Waals surface area contributed by atoms with Gasteiger partial charge in [-0.3, -0.25) is 0 Å². The first-order chi connectivity index (χ1) is 9.97. The van der Waals surface area contributed by atoms with E-state index in [1.165, 1.54) is 6.33 Å². The molecule has 1 aromatic heterocycles. The Bertz CT molecular complexity index is 657. The third-order valence-electron chi connectivity index (χ3n) is 3.42. The van der Waals surface area contributed by atoms with Crippen molar-refractivity contribution in [3.63, 3.8) is 0 Å². The maximum atomic E-state index is 7.46. The van der Waals surface area contributed by atoms with Gasteiger partial charge in [-0.2, -0.15) is 0 Å². The fraction of sp³-hybridized carbons (Fsp3) is 0.438. The van der Waals surface area contributed by atoms with Crippen LogP contribution in [0.5, 0.6) is 5.75 Å². The first-order valence-electron chi connectivity index (χ1n) is 7.05. The number of hydrogen-bond donors (Lipinski definition) is 1. The molecule has 1 atom stereocenters. The average Bonchev–Trinajstić information content (AvgIpc) is 2.44. The maximum Gasteiger partial charge on any atom is 0.140 e. The zero-order valence-electron chi connectivity index (χ0n) is 12.6. The van der Waals surface area contributed by atoms with E-state index in [2.05, 4.69) is 16.9 Å². The van der Waals surface area contributed by atoms with Gasteiger partial charge in [0.25, 0.3) is 0 Å². The summed E-state index contributed by atoms with van der Waals surface area (Å²) in [4.78, 5) is 8.21. The number of halogens is 1. The molecule has 0 aliphatic heterocycles. The van der Waals surface area contributed by atoms with Gasteiger partial charge >= 0.3 is 0 Å². The highest BCUT2D eigenvalue weighted by Crippen LogP contribution is 2.28. The molecule has 1 N–H and O–H groups in total. The van der Waals surface area contributed by atoms with Crippen LogP contribution in [0, 0.1) is 18.3 Å². The summed E-state index contributed by atoms with van der Waals surface area (Å²) < 4.78 is 5.90. The van der Waals surface area contributed by atoms with E-state index in [-0.39, 0.29) is 0 Å². The van der Waals surface area contributed by atoms with Crippen molar-refractivity contribution >= 4 is 28.2 Å². The fourth-order valence-corrected chi connectivity index (χ4v) is 2.29. The Morgan fingerprint density at radius 2 is 2.14 bits per heavy atom. The summed E-state index contributed by atoms with van der Waals surface area (Å²) in [5.41, 5.74) is 2.53. The summed E-state index contributed by atoms with van der Waals surface area (Å²) in [6.45, 7) is 6.60. The van der Waals surface area contributed by atoms with Crippen LogP contribution >= 0.6 is 11.6 Å². The highest BCUT2D eigenvalue weighted by Gasteiger charge is 2.09. The van der Waals surface area contributed by atoms with E-state index in [1.54, 1.807) is 0 Å². The Labute approximate surface area is 130 Å². The highest BCUT2D eigenvalue weighted by atomic mass is 35.5. The molecular formula is C16H20ClN3O. The van der Waals surface area contributed by atoms with Crippen molar-refractivity contribution in [2.24, 2.45) is 5.92 Å². The normalized spacial score (nSPS) is 12.4. The molecule has 0 aliphatic rings. The van der Waals surface area contributed by atoms with Gasteiger partial charge in [0.05, 0.1) is 12.1 Å². The van der Waals surface area contributed by atoms with Crippen LogP contribution in [-0.2, 0) is 0 Å². The minimum atomic E-state index is 0.411. The van der Waals surface area contributed by atoms with Crippen LogP contribution in [0.2, 0.25) is 5.15 Å². The monoisotopic (exact) mass is 305 g/mol. The summed E-state index contributed by atoms with van der Waals surface area (Å²) in [7, 11) is 0. The van der Waals surface area contributed by atoms with Crippen LogP contribution in [-0.4, -0.2) is 22.3 Å². The van der Waals surface area contributed by atoms with Gasteiger partial charge in [0.2, 0.25) is 0 Å². The minimum Gasteiger partial charge on any atom is -0.493 e. The minimum absolute atomic E-state index is 0.411. The molecule has 21 heavy (non-hydrogen) atoms. The lowest BCUT2D eigenvalue weighted by Gasteiger charge is -2.15. The molecule has 0 saturated heterocycles. The maximum absolute atomic E-state index is 7.46. The molecule has 5 heteroatoms. The quantitative estimate of drug-likeness (QED) is 0.634. The molecule has 0 fully saturated rings. The molecule has 0 radical (unpaired) electrons. The van der Waals surface area contributed by atoms with Crippen LogP contribution < -0.4 is 4.74 Å². The van der Waals surface area contributed by atoms with Crippen LogP contribution in [0.15, 0.2) is 18.5 Å². The summed E-state index contributed by atoms with van der Waals surface area (Å²) in [6.07, 6.45) is 3.25. The number of fused-ring (bicyclic) bond motifs is 1. The molecule has 112 valence electrons. The topological polar surface area (TPSA) is 58.9 Å². The third kappa shape index (κ3) is 4.14. The molecule has 2 rings (SSSR count). The average molecular weight is 306 g/mol. The molecule has 4 nitrogen and oxygen atoms in total. The van der Waals surface area contributed by atoms with Crippen LogP contribution in [0.25, 0.3) is 10.9 Å². The van der Waals surface area contributed by atoms with E-state index < -0.39 is 0 Å².